The smallest absolute Gasteiger partial charge is 0.215 e. The van der Waals surface area contributed by atoms with Gasteiger partial charge in [0.05, 0.1) is 11.5 Å². The van der Waals surface area contributed by atoms with Crippen molar-refractivity contribution in [2.75, 3.05) is 13.1 Å². The summed E-state index contributed by atoms with van der Waals surface area (Å²) in [7, 11) is -3.30. The number of sulfonamides is 1. The van der Waals surface area contributed by atoms with Crippen molar-refractivity contribution in [2.24, 2.45) is 0 Å². The summed E-state index contributed by atoms with van der Waals surface area (Å²) in [5.74, 6) is 0.784. The molecule has 1 heterocycles. The molecule has 0 aromatic carbocycles. The summed E-state index contributed by atoms with van der Waals surface area (Å²) in [6, 6.07) is 3.47. The maximum absolute atomic E-state index is 12.1. The summed E-state index contributed by atoms with van der Waals surface area (Å²) in [4.78, 5) is 0. The van der Waals surface area contributed by atoms with Crippen molar-refractivity contribution < 1.29 is 12.8 Å². The van der Waals surface area contributed by atoms with Crippen molar-refractivity contribution in [3.63, 3.8) is 0 Å². The number of rotatable bonds is 9. The van der Waals surface area contributed by atoms with Crippen LogP contribution >= 0.6 is 0 Å². The molecule has 19 heavy (non-hydrogen) atoms. The van der Waals surface area contributed by atoms with Crippen LogP contribution in [-0.2, 0) is 16.4 Å². The van der Waals surface area contributed by atoms with E-state index in [4.69, 9.17) is 4.42 Å². The molecule has 1 rings (SSSR count). The number of hydrogen-bond acceptors (Lipinski definition) is 4. The van der Waals surface area contributed by atoms with Gasteiger partial charge in [0.15, 0.2) is 0 Å². The van der Waals surface area contributed by atoms with E-state index in [1.54, 1.807) is 19.3 Å². The minimum Gasteiger partial charge on any atom is -0.469 e. The molecule has 0 radical (unpaired) electrons. The molecular weight excluding hydrogens is 264 g/mol. The second-order valence-corrected chi connectivity index (χ2v) is 6.99. The first kappa shape index (κ1) is 16.2. The Morgan fingerprint density at radius 1 is 1.37 bits per heavy atom. The minimum atomic E-state index is -3.30. The predicted octanol–water partition coefficient (Wildman–Crippen LogP) is 1.52. The summed E-state index contributed by atoms with van der Waals surface area (Å²) < 4.78 is 32.1. The third kappa shape index (κ3) is 5.76. The van der Waals surface area contributed by atoms with Crippen molar-refractivity contribution in [3.8, 4) is 0 Å². The van der Waals surface area contributed by atoms with Crippen LogP contribution in [0.5, 0.6) is 0 Å². The van der Waals surface area contributed by atoms with Crippen LogP contribution in [0.4, 0.5) is 0 Å². The van der Waals surface area contributed by atoms with Crippen LogP contribution < -0.4 is 10.0 Å². The van der Waals surface area contributed by atoms with Gasteiger partial charge in [-0.25, -0.2) is 13.1 Å². The van der Waals surface area contributed by atoms with E-state index in [0.29, 0.717) is 13.0 Å². The van der Waals surface area contributed by atoms with E-state index in [1.165, 1.54) is 0 Å². The molecule has 0 saturated heterocycles. The highest BCUT2D eigenvalue weighted by molar-refractivity contribution is 7.90. The molecule has 110 valence electrons. The highest BCUT2D eigenvalue weighted by atomic mass is 32.2. The minimum absolute atomic E-state index is 0.176. The van der Waals surface area contributed by atoms with Crippen LogP contribution in [0.15, 0.2) is 22.8 Å². The zero-order valence-corrected chi connectivity index (χ0v) is 12.7. The highest BCUT2D eigenvalue weighted by Crippen LogP contribution is 2.06. The molecule has 0 bridgehead atoms. The molecule has 5 nitrogen and oxygen atoms in total. The normalized spacial score (nSPS) is 15.3. The van der Waals surface area contributed by atoms with Crippen LogP contribution in [0.25, 0.3) is 0 Å². The Labute approximate surface area is 115 Å². The second kappa shape index (κ2) is 7.67. The largest absolute Gasteiger partial charge is 0.469 e. The molecule has 0 saturated carbocycles. The average Bonchev–Trinajstić information content (AvgIpc) is 2.81. The number of hydrogen-bond donors (Lipinski definition) is 2. The summed E-state index contributed by atoms with van der Waals surface area (Å²) in [5.41, 5.74) is 0. The lowest BCUT2D eigenvalue weighted by Crippen LogP contribution is -2.43. The monoisotopic (exact) mass is 288 g/mol. The van der Waals surface area contributed by atoms with Gasteiger partial charge in [0.25, 0.3) is 0 Å². The topological polar surface area (TPSA) is 71.3 Å². The van der Waals surface area contributed by atoms with Crippen LogP contribution in [0.1, 0.15) is 33.0 Å². The van der Waals surface area contributed by atoms with Gasteiger partial charge in [-0.2, -0.15) is 0 Å². The zero-order valence-electron chi connectivity index (χ0n) is 11.8. The van der Waals surface area contributed by atoms with Crippen molar-refractivity contribution in [2.45, 2.75) is 44.9 Å². The van der Waals surface area contributed by atoms with E-state index < -0.39 is 15.3 Å². The predicted molar refractivity (Wildman–Crippen MR) is 76.6 cm³/mol. The summed E-state index contributed by atoms with van der Waals surface area (Å²) in [6.45, 7) is 6.91. The molecule has 0 spiro atoms. The van der Waals surface area contributed by atoms with E-state index in [1.807, 2.05) is 13.0 Å². The van der Waals surface area contributed by atoms with Gasteiger partial charge < -0.3 is 9.73 Å². The average molecular weight is 288 g/mol. The molecule has 0 amide bonds. The molecule has 2 N–H and O–H groups in total. The molecule has 1 aromatic rings. The first-order chi connectivity index (χ1) is 8.95. The lowest BCUT2D eigenvalue weighted by Gasteiger charge is -2.18. The molecule has 0 aliphatic heterocycles. The van der Waals surface area contributed by atoms with Crippen molar-refractivity contribution in [3.05, 3.63) is 24.2 Å². The third-order valence-corrected chi connectivity index (χ3v) is 4.80. The lowest BCUT2D eigenvalue weighted by molar-refractivity contribution is 0.476. The van der Waals surface area contributed by atoms with Crippen LogP contribution in [0.2, 0.25) is 0 Å². The van der Waals surface area contributed by atoms with Gasteiger partial charge in [-0.3, -0.25) is 0 Å². The summed E-state index contributed by atoms with van der Waals surface area (Å²) >= 11 is 0. The van der Waals surface area contributed by atoms with E-state index in [9.17, 15) is 8.42 Å². The highest BCUT2D eigenvalue weighted by Gasteiger charge is 2.22. The molecule has 1 aromatic heterocycles. The Morgan fingerprint density at radius 3 is 2.68 bits per heavy atom. The van der Waals surface area contributed by atoms with Gasteiger partial charge in [-0.1, -0.05) is 6.92 Å². The molecule has 0 aliphatic rings. The first-order valence-corrected chi connectivity index (χ1v) is 8.24. The van der Waals surface area contributed by atoms with Crippen LogP contribution in [0.3, 0.4) is 0 Å². The van der Waals surface area contributed by atoms with E-state index in [-0.39, 0.29) is 6.04 Å². The van der Waals surface area contributed by atoms with Crippen LogP contribution in [-0.4, -0.2) is 32.8 Å². The van der Waals surface area contributed by atoms with Crippen molar-refractivity contribution >= 4 is 10.0 Å². The Morgan fingerprint density at radius 2 is 2.11 bits per heavy atom. The standard InChI is InChI=1S/C13H24N2O3S/c1-4-7-14-10-12(3)19(16,17)15-11(2)9-13-6-5-8-18-13/h5-6,8,11-12,14-15H,4,7,9-10H2,1-3H3. The fourth-order valence-electron chi connectivity index (χ4n) is 1.76. The SMILES string of the molecule is CCCNCC(C)S(=O)(=O)NC(C)Cc1ccco1. The zero-order chi connectivity index (χ0) is 14.3. The maximum atomic E-state index is 12.1. The fraction of sp³-hybridized carbons (Fsp3) is 0.692. The molecule has 0 aliphatic carbocycles. The van der Waals surface area contributed by atoms with E-state index >= 15 is 0 Å². The van der Waals surface area contributed by atoms with Crippen molar-refractivity contribution in [1.29, 1.82) is 0 Å². The van der Waals surface area contributed by atoms with E-state index in [2.05, 4.69) is 17.0 Å². The molecule has 0 fully saturated rings. The Kier molecular flexibility index (Phi) is 6.54. The van der Waals surface area contributed by atoms with Gasteiger partial charge >= 0.3 is 0 Å². The van der Waals surface area contributed by atoms with Crippen LogP contribution in [0, 0.1) is 0 Å². The van der Waals surface area contributed by atoms with Gasteiger partial charge in [0.2, 0.25) is 10.0 Å². The van der Waals surface area contributed by atoms with Gasteiger partial charge in [0.1, 0.15) is 5.76 Å². The number of furan rings is 1. The maximum Gasteiger partial charge on any atom is 0.215 e. The fourth-order valence-corrected chi connectivity index (χ4v) is 2.97. The summed E-state index contributed by atoms with van der Waals surface area (Å²) in [5, 5.41) is 2.68. The van der Waals surface area contributed by atoms with E-state index in [0.717, 1.165) is 18.7 Å². The second-order valence-electron chi connectivity index (χ2n) is 4.86. The van der Waals surface area contributed by atoms with Gasteiger partial charge in [-0.15, -0.1) is 0 Å². The van der Waals surface area contributed by atoms with Gasteiger partial charge in [-0.05, 0) is 38.9 Å². The first-order valence-electron chi connectivity index (χ1n) is 6.70. The Hall–Kier alpha value is -0.850. The quantitative estimate of drug-likeness (QED) is 0.676. The third-order valence-electron chi connectivity index (χ3n) is 2.84. The Balaban J connectivity index is 2.44. The molecular formula is C13H24N2O3S. The lowest BCUT2D eigenvalue weighted by atomic mass is 10.2. The number of nitrogens with one attached hydrogen (secondary N) is 2. The molecule has 6 heteroatoms. The Bertz CT molecular complexity index is 442. The molecule has 2 atom stereocenters. The van der Waals surface area contributed by atoms with Crippen molar-refractivity contribution in [1.82, 2.24) is 10.0 Å². The molecule has 2 unspecified atom stereocenters. The summed E-state index contributed by atoms with van der Waals surface area (Å²) in [6.07, 6.45) is 3.14. The van der Waals surface area contributed by atoms with Gasteiger partial charge in [0, 0.05) is 19.0 Å².